The summed E-state index contributed by atoms with van der Waals surface area (Å²) in [7, 11) is -2.19. The van der Waals surface area contributed by atoms with Gasteiger partial charge in [0.15, 0.2) is 0 Å². The van der Waals surface area contributed by atoms with Crippen molar-refractivity contribution in [2.75, 3.05) is 66.1 Å². The van der Waals surface area contributed by atoms with Crippen molar-refractivity contribution in [1.82, 2.24) is 19.8 Å². The van der Waals surface area contributed by atoms with E-state index in [1.807, 2.05) is 0 Å². The predicted molar refractivity (Wildman–Crippen MR) is 117 cm³/mol. The zero-order valence-corrected chi connectivity index (χ0v) is 19.5. The van der Waals surface area contributed by atoms with Crippen molar-refractivity contribution in [3.05, 3.63) is 28.2 Å². The monoisotopic (exact) mass is 490 g/mol. The van der Waals surface area contributed by atoms with Crippen molar-refractivity contribution in [3.8, 4) is 0 Å². The van der Waals surface area contributed by atoms with Crippen LogP contribution in [0.1, 0.15) is 23.7 Å². The van der Waals surface area contributed by atoms with Crippen molar-refractivity contribution in [3.63, 3.8) is 0 Å². The topological polar surface area (TPSA) is 91.0 Å². The summed E-state index contributed by atoms with van der Waals surface area (Å²) in [5.41, 5.74) is 0.302. The third-order valence-corrected chi connectivity index (χ3v) is 7.09. The lowest BCUT2D eigenvalue weighted by Crippen LogP contribution is -2.46. The minimum atomic E-state index is -3.69. The van der Waals surface area contributed by atoms with E-state index in [0.717, 1.165) is 45.7 Å². The fourth-order valence-electron chi connectivity index (χ4n) is 3.14. The molecule has 1 saturated heterocycles. The van der Waals surface area contributed by atoms with Gasteiger partial charge in [-0.15, -0.1) is 0 Å². The quantitative estimate of drug-likeness (QED) is 0.451. The third-order valence-electron chi connectivity index (χ3n) is 4.94. The number of hydrogen-bond acceptors (Lipinski definition) is 6. The number of hydrogen-bond donors (Lipinski definition) is 2. The highest BCUT2D eigenvalue weighted by Crippen LogP contribution is 2.21. The molecule has 164 valence electrons. The summed E-state index contributed by atoms with van der Waals surface area (Å²) in [6, 6.07) is 4.43. The van der Waals surface area contributed by atoms with Crippen LogP contribution in [-0.4, -0.2) is 90.2 Å². The molecule has 0 radical (unpaired) electrons. The Morgan fingerprint density at radius 1 is 1.17 bits per heavy atom. The average Bonchev–Trinajstić information content (AvgIpc) is 2.71. The molecule has 0 spiro atoms. The van der Waals surface area contributed by atoms with Gasteiger partial charge in [0.2, 0.25) is 10.0 Å². The Morgan fingerprint density at radius 3 is 2.52 bits per heavy atom. The molecule has 1 aromatic carbocycles. The number of nitrogens with one attached hydrogen (secondary N) is 2. The van der Waals surface area contributed by atoms with Crippen molar-refractivity contribution in [2.24, 2.45) is 0 Å². The van der Waals surface area contributed by atoms with Crippen LogP contribution in [0.5, 0.6) is 0 Å². The number of amides is 1. The number of nitrogens with zero attached hydrogens (tertiary/aromatic N) is 2. The molecule has 1 fully saturated rings. The van der Waals surface area contributed by atoms with Gasteiger partial charge in [-0.3, -0.25) is 4.79 Å². The molecule has 8 nitrogen and oxygen atoms in total. The number of likely N-dealkylation sites (N-methyl/N-ethyl adjacent to an activating group) is 1. The van der Waals surface area contributed by atoms with E-state index in [1.165, 1.54) is 19.2 Å². The van der Waals surface area contributed by atoms with Crippen LogP contribution < -0.4 is 10.0 Å². The summed E-state index contributed by atoms with van der Waals surface area (Å²) >= 11 is 3.34. The minimum Gasteiger partial charge on any atom is -0.383 e. The Hall–Kier alpha value is -1.04. The summed E-state index contributed by atoms with van der Waals surface area (Å²) in [5.74, 6) is -0.290. The summed E-state index contributed by atoms with van der Waals surface area (Å²) in [6.45, 7) is 9.50. The standard InChI is InChI=1S/C19H31BrN4O4S/c1-3-23-10-12-24(13-11-23)9-4-7-21-19(25)17-15-16(5-6-18(17)20)29(26,27)22-8-14-28-2/h5-6,15,22H,3-4,7-14H2,1-2H3,(H,21,25). The highest BCUT2D eigenvalue weighted by Gasteiger charge is 2.19. The molecule has 0 aliphatic carbocycles. The van der Waals surface area contributed by atoms with Gasteiger partial charge in [0, 0.05) is 50.9 Å². The molecule has 2 N–H and O–H groups in total. The molecule has 1 aromatic rings. The molecule has 0 bridgehead atoms. The maximum atomic E-state index is 12.5. The second kappa shape index (κ2) is 12.0. The zero-order valence-electron chi connectivity index (χ0n) is 17.1. The molecule has 10 heteroatoms. The molecule has 1 aliphatic rings. The molecule has 0 unspecified atom stereocenters. The van der Waals surface area contributed by atoms with E-state index >= 15 is 0 Å². The van der Waals surface area contributed by atoms with Crippen LogP contribution in [0.15, 0.2) is 27.6 Å². The maximum Gasteiger partial charge on any atom is 0.252 e. The molecule has 1 aliphatic heterocycles. The van der Waals surface area contributed by atoms with Gasteiger partial charge < -0.3 is 19.9 Å². The maximum absolute atomic E-state index is 12.5. The van der Waals surface area contributed by atoms with E-state index in [4.69, 9.17) is 4.74 Å². The number of sulfonamides is 1. The number of methoxy groups -OCH3 is 1. The number of halogens is 1. The Kier molecular flexibility index (Phi) is 10.0. The second-order valence-electron chi connectivity index (χ2n) is 6.92. The number of carbonyl (C=O) groups is 1. The van der Waals surface area contributed by atoms with Crippen LogP contribution in [0.2, 0.25) is 0 Å². The normalized spacial score (nSPS) is 16.1. The fourth-order valence-corrected chi connectivity index (χ4v) is 4.60. The lowest BCUT2D eigenvalue weighted by atomic mass is 10.2. The third kappa shape index (κ3) is 7.62. The van der Waals surface area contributed by atoms with E-state index in [0.29, 0.717) is 16.6 Å². The van der Waals surface area contributed by atoms with Gasteiger partial charge >= 0.3 is 0 Å². The molecule has 0 atom stereocenters. The second-order valence-corrected chi connectivity index (χ2v) is 9.54. The fraction of sp³-hybridized carbons (Fsp3) is 0.632. The highest BCUT2D eigenvalue weighted by atomic mass is 79.9. The summed E-state index contributed by atoms with van der Waals surface area (Å²) in [4.78, 5) is 17.4. The zero-order chi connectivity index (χ0) is 21.3. The average molecular weight is 491 g/mol. The lowest BCUT2D eigenvalue weighted by molar-refractivity contribution is 0.0947. The number of ether oxygens (including phenoxy) is 1. The first-order valence-corrected chi connectivity index (χ1v) is 12.2. The van der Waals surface area contributed by atoms with E-state index < -0.39 is 10.0 Å². The lowest BCUT2D eigenvalue weighted by Gasteiger charge is -2.33. The van der Waals surface area contributed by atoms with Crippen LogP contribution >= 0.6 is 15.9 Å². The summed E-state index contributed by atoms with van der Waals surface area (Å²) < 4.78 is 32.6. The highest BCUT2D eigenvalue weighted by molar-refractivity contribution is 9.10. The SMILES string of the molecule is CCN1CCN(CCCNC(=O)c2cc(S(=O)(=O)NCCOC)ccc2Br)CC1. The predicted octanol–water partition coefficient (Wildman–Crippen LogP) is 1.13. The largest absolute Gasteiger partial charge is 0.383 e. The number of carbonyl (C=O) groups excluding carboxylic acids is 1. The molecule has 29 heavy (non-hydrogen) atoms. The first kappa shape index (κ1) is 24.2. The van der Waals surface area contributed by atoms with E-state index in [2.05, 4.69) is 42.7 Å². The van der Waals surface area contributed by atoms with Crippen molar-refractivity contribution in [2.45, 2.75) is 18.2 Å². The molecule has 1 heterocycles. The Labute approximate surface area is 182 Å². The van der Waals surface area contributed by atoms with Crippen LogP contribution in [0.3, 0.4) is 0 Å². The van der Waals surface area contributed by atoms with Crippen LogP contribution in [0.4, 0.5) is 0 Å². The molecule has 0 aromatic heterocycles. The van der Waals surface area contributed by atoms with E-state index in [-0.39, 0.29) is 24.0 Å². The summed E-state index contributed by atoms with van der Waals surface area (Å²) in [6.07, 6.45) is 0.853. The van der Waals surface area contributed by atoms with Crippen LogP contribution in [0, 0.1) is 0 Å². The van der Waals surface area contributed by atoms with Gasteiger partial charge in [-0.25, -0.2) is 13.1 Å². The van der Waals surface area contributed by atoms with E-state index in [1.54, 1.807) is 6.07 Å². The first-order valence-electron chi connectivity index (χ1n) is 9.88. The molecular weight excluding hydrogens is 460 g/mol. The van der Waals surface area contributed by atoms with Crippen LogP contribution in [-0.2, 0) is 14.8 Å². The number of benzene rings is 1. The Bertz CT molecular complexity index is 767. The van der Waals surface area contributed by atoms with Crippen molar-refractivity contribution >= 4 is 31.9 Å². The van der Waals surface area contributed by atoms with Gasteiger partial charge in [-0.05, 0) is 53.6 Å². The van der Waals surface area contributed by atoms with Gasteiger partial charge in [-0.2, -0.15) is 0 Å². The Balaban J connectivity index is 1.85. The van der Waals surface area contributed by atoms with Gasteiger partial charge in [0.05, 0.1) is 17.1 Å². The molecule has 0 saturated carbocycles. The summed E-state index contributed by atoms with van der Waals surface area (Å²) in [5, 5.41) is 2.89. The first-order chi connectivity index (χ1) is 13.9. The van der Waals surface area contributed by atoms with Crippen molar-refractivity contribution in [1.29, 1.82) is 0 Å². The van der Waals surface area contributed by atoms with Gasteiger partial charge in [0.1, 0.15) is 0 Å². The minimum absolute atomic E-state index is 0.0516. The van der Waals surface area contributed by atoms with Gasteiger partial charge in [-0.1, -0.05) is 6.92 Å². The Morgan fingerprint density at radius 2 is 1.86 bits per heavy atom. The van der Waals surface area contributed by atoms with Crippen molar-refractivity contribution < 1.29 is 17.9 Å². The number of rotatable bonds is 11. The molecule has 2 rings (SSSR count). The van der Waals surface area contributed by atoms with Gasteiger partial charge in [0.25, 0.3) is 5.91 Å². The van der Waals surface area contributed by atoms with Crippen LogP contribution in [0.25, 0.3) is 0 Å². The number of piperazine rings is 1. The van der Waals surface area contributed by atoms with E-state index in [9.17, 15) is 13.2 Å². The molecular formula is C19H31BrN4O4S. The smallest absolute Gasteiger partial charge is 0.252 e. The molecule has 1 amide bonds.